The zero-order valence-corrected chi connectivity index (χ0v) is 50.3. The van der Waals surface area contributed by atoms with Crippen LogP contribution >= 0.6 is 34.4 Å². The van der Waals surface area contributed by atoms with Crippen molar-refractivity contribution in [3.63, 3.8) is 0 Å². The lowest BCUT2D eigenvalue weighted by Crippen LogP contribution is -2.60. The molecular weight excluding hydrogens is 1170 g/mol. The molecule has 0 saturated carbocycles. The molecule has 2 aliphatic rings. The van der Waals surface area contributed by atoms with Gasteiger partial charge < -0.3 is 51.0 Å². The molecule has 7 aromatic rings. The van der Waals surface area contributed by atoms with Crippen molar-refractivity contribution in [1.29, 1.82) is 0 Å². The number of aryl methyl sites for hydroxylation is 1. The summed E-state index contributed by atoms with van der Waals surface area (Å²) in [5.41, 5.74) is 4.46. The molecule has 6 N–H and O–H groups in total. The van der Waals surface area contributed by atoms with Crippen molar-refractivity contribution < 1.29 is 37.7 Å². The van der Waals surface area contributed by atoms with Crippen LogP contribution in [0.4, 0.5) is 33.2 Å². The van der Waals surface area contributed by atoms with Gasteiger partial charge >= 0.3 is 0 Å². The average Bonchev–Trinajstić information content (AvgIpc) is 3.83. The number of nitrogens with zero attached hydrogens (tertiary/aromatic N) is 9. The topological polar surface area (TPSA) is 281 Å². The Kier molecular flexibility index (Phi) is 18.2. The van der Waals surface area contributed by atoms with Gasteiger partial charge in [0, 0.05) is 80.1 Å². The Morgan fingerprint density at radius 1 is 0.880 bits per heavy atom. The Morgan fingerprint density at radius 3 is 2.31 bits per heavy atom. The summed E-state index contributed by atoms with van der Waals surface area (Å²) in [6.07, 6.45) is 9.23. The van der Waals surface area contributed by atoms with Crippen molar-refractivity contribution in [2.75, 3.05) is 69.1 Å². The lowest BCUT2D eigenvalue weighted by molar-refractivity contribution is -0.140. The number of likely N-dealkylation sites (tertiary alicyclic amines) is 2. The number of carbonyl (C=O) groups excluding carboxylic acids is 5. The van der Waals surface area contributed by atoms with Crippen LogP contribution in [-0.4, -0.2) is 145 Å². The van der Waals surface area contributed by atoms with Crippen LogP contribution < -0.4 is 41.9 Å². The third-order valence-electron chi connectivity index (χ3n) is 14.2. The predicted molar refractivity (Wildman–Crippen MR) is 319 cm³/mol. The van der Waals surface area contributed by atoms with Gasteiger partial charge in [0.1, 0.15) is 53.5 Å². The van der Waals surface area contributed by atoms with Crippen molar-refractivity contribution in [3.05, 3.63) is 128 Å². The molecule has 2 saturated heterocycles. The molecule has 0 aliphatic carbocycles. The summed E-state index contributed by atoms with van der Waals surface area (Å²) in [4.78, 5) is 102. The van der Waals surface area contributed by atoms with Crippen molar-refractivity contribution >= 4 is 109 Å². The molecule has 6 heterocycles. The molecule has 0 bridgehead atoms. The second-order valence-corrected chi connectivity index (χ2v) is 26.5. The zero-order chi connectivity index (χ0) is 59.3. The first-order valence-electron chi connectivity index (χ1n) is 26.9. The van der Waals surface area contributed by atoms with Crippen LogP contribution in [-0.2, 0) is 20.6 Å². The molecule has 2 aliphatic heterocycles. The van der Waals surface area contributed by atoms with Gasteiger partial charge in [-0.05, 0) is 109 Å². The summed E-state index contributed by atoms with van der Waals surface area (Å²) >= 11 is 4.71. The van der Waals surface area contributed by atoms with E-state index in [1.165, 1.54) is 43.6 Å². The van der Waals surface area contributed by atoms with E-state index < -0.39 is 48.3 Å². The van der Waals surface area contributed by atoms with Crippen LogP contribution in [0.25, 0.3) is 11.0 Å². The molecule has 0 radical (unpaired) electrons. The van der Waals surface area contributed by atoms with Crippen LogP contribution in [0, 0.1) is 11.2 Å². The fourth-order valence-electron chi connectivity index (χ4n) is 9.77. The number of carbonyl (C=O) groups is 5. The van der Waals surface area contributed by atoms with Gasteiger partial charge in [-0.3, -0.25) is 33.9 Å². The number of halogens is 2. The summed E-state index contributed by atoms with van der Waals surface area (Å²) in [6.45, 7) is 14.9. The fourth-order valence-corrected chi connectivity index (χ4v) is 12.3. The van der Waals surface area contributed by atoms with Gasteiger partial charge in [-0.1, -0.05) is 27.7 Å². The van der Waals surface area contributed by atoms with Crippen LogP contribution in [0.3, 0.4) is 0 Å². The smallest absolute Gasteiger partial charge is 0.274 e. The molecule has 9 rings (SSSR count). The third kappa shape index (κ3) is 13.8. The highest BCUT2D eigenvalue weighted by Crippen LogP contribution is 2.42. The lowest BCUT2D eigenvalue weighted by atomic mass is 9.85. The summed E-state index contributed by atoms with van der Waals surface area (Å²) in [5.74, 6) is -1.44. The van der Waals surface area contributed by atoms with Crippen molar-refractivity contribution in [3.8, 4) is 5.75 Å². The number of thiazole rings is 1. The van der Waals surface area contributed by atoms with E-state index in [0.29, 0.717) is 113 Å². The third-order valence-corrected chi connectivity index (χ3v) is 17.2. The Bertz CT molecular complexity index is 3630. The van der Waals surface area contributed by atoms with Gasteiger partial charge in [-0.15, -0.1) is 11.3 Å². The molecule has 26 heteroatoms. The average molecular weight is 1230 g/mol. The first-order valence-corrected chi connectivity index (χ1v) is 31.2. The van der Waals surface area contributed by atoms with Gasteiger partial charge in [-0.2, -0.15) is 4.98 Å². The number of anilines is 5. The SMILES string of the molecule is CCc1cc(Nc2ncc(Br)c(Nc3ccc4nccnc4c3P(C)(C)=O)n2)c(OC)cc1NCCNC1CN(C(=O)c2cnc(C(=O)N[C@@H](C)C(=O)N[C@H](C(=O)N3CCC[C@H]3c3csc(C(=O)c4ccc(F)cc4)n3)C(C)(C)C)cn2)C1. The standard InChI is InChI=1S/C57H64BrFN15O7PS/c1-9-32-23-40(70-56-66-25-36(58)50(72-56)68-38-17-16-37-46(63-21-20-61-37)48(38)82(7,8)80)45(81-6)24-39(32)62-19-18-60-35-28-73(29-35)54(78)42-27-64-41(26-65-42)52(77)67-31(2)51(76)71-49(57(3,4)5)55(79)74-22-10-11-44(74)43-30-83-53(69-43)47(75)33-12-14-34(59)15-13-33/h12-17,20-21,23-27,30-31,35,44,49,60,62H,9-11,18-19,22,28-29H2,1-8H3,(H,67,77)(H,71,76)(H2,66,68,70,72)/t31-,44-,49+/m0/s1. The van der Waals surface area contributed by atoms with Crippen molar-refractivity contribution in [2.45, 2.75) is 78.0 Å². The first kappa shape index (κ1) is 59.8. The van der Waals surface area contributed by atoms with Crippen molar-refractivity contribution in [2.24, 2.45) is 5.41 Å². The molecule has 434 valence electrons. The van der Waals surface area contributed by atoms with Crippen LogP contribution in [0.2, 0.25) is 0 Å². The number of hydrogen-bond acceptors (Lipinski definition) is 19. The summed E-state index contributed by atoms with van der Waals surface area (Å²) in [7, 11) is -1.23. The monoisotopic (exact) mass is 1230 g/mol. The number of aromatic nitrogens is 7. The molecule has 3 atom stereocenters. The molecule has 4 amide bonds. The van der Waals surface area contributed by atoms with Gasteiger partial charge in [-0.25, -0.2) is 24.3 Å². The van der Waals surface area contributed by atoms with E-state index in [4.69, 9.17) is 9.72 Å². The zero-order valence-electron chi connectivity index (χ0n) is 47.0. The maximum Gasteiger partial charge on any atom is 0.274 e. The Morgan fingerprint density at radius 2 is 1.61 bits per heavy atom. The maximum atomic E-state index is 14.3. The molecule has 4 aromatic heterocycles. The Labute approximate surface area is 491 Å². The van der Waals surface area contributed by atoms with E-state index in [9.17, 15) is 32.9 Å². The van der Waals surface area contributed by atoms with E-state index >= 15 is 0 Å². The van der Waals surface area contributed by atoms with Gasteiger partial charge in [0.25, 0.3) is 11.8 Å². The molecule has 2 fully saturated rings. The minimum atomic E-state index is -2.82. The number of ketones is 1. The number of fused-ring (bicyclic) bond motifs is 1. The van der Waals surface area contributed by atoms with Gasteiger partial charge in [0.2, 0.25) is 23.5 Å². The number of nitrogens with one attached hydrogen (secondary N) is 6. The molecule has 22 nitrogen and oxygen atoms in total. The van der Waals surface area contributed by atoms with E-state index in [0.717, 1.165) is 22.6 Å². The Hall–Kier alpha value is -7.86. The largest absolute Gasteiger partial charge is 0.494 e. The van der Waals surface area contributed by atoms with Crippen molar-refractivity contribution in [1.82, 2.24) is 60.6 Å². The van der Waals surface area contributed by atoms with E-state index in [-0.39, 0.29) is 40.0 Å². The number of methoxy groups -OCH3 is 1. The highest BCUT2D eigenvalue weighted by molar-refractivity contribution is 9.10. The first-order chi connectivity index (χ1) is 39.6. The van der Waals surface area contributed by atoms with Crippen LogP contribution in [0.5, 0.6) is 5.75 Å². The second-order valence-electron chi connectivity index (χ2n) is 21.6. The summed E-state index contributed by atoms with van der Waals surface area (Å²) in [6, 6.07) is 10.4. The van der Waals surface area contributed by atoms with Crippen LogP contribution in [0.15, 0.2) is 89.4 Å². The minimum Gasteiger partial charge on any atom is -0.494 e. The van der Waals surface area contributed by atoms with Gasteiger partial charge in [0.15, 0.2) is 5.01 Å². The molecule has 83 heavy (non-hydrogen) atoms. The number of rotatable bonds is 21. The predicted octanol–water partition coefficient (Wildman–Crippen LogP) is 7.64. The molecule has 0 unspecified atom stereocenters. The summed E-state index contributed by atoms with van der Waals surface area (Å²) < 4.78 is 33.4. The number of amides is 4. The highest BCUT2D eigenvalue weighted by atomic mass is 79.9. The Balaban J connectivity index is 0.728. The second kappa shape index (κ2) is 25.3. The number of hydrogen-bond donors (Lipinski definition) is 6. The van der Waals surface area contributed by atoms with E-state index in [2.05, 4.69) is 84.7 Å². The van der Waals surface area contributed by atoms with Gasteiger partial charge in [0.05, 0.1) is 57.9 Å². The quantitative estimate of drug-likeness (QED) is 0.0229. The molecule has 0 spiro atoms. The number of ether oxygens (including phenoxy) is 1. The molecular formula is C57H64BrFN15O7PS. The maximum absolute atomic E-state index is 14.3. The van der Waals surface area contributed by atoms with E-state index in [1.807, 2.05) is 45.0 Å². The number of benzene rings is 3. The fraction of sp³-hybridized carbons (Fsp3) is 0.368. The summed E-state index contributed by atoms with van der Waals surface area (Å²) in [5, 5.41) is 21.7. The van der Waals surface area contributed by atoms with E-state index in [1.54, 1.807) is 54.2 Å². The lowest BCUT2D eigenvalue weighted by Gasteiger charge is -2.39. The minimum absolute atomic E-state index is 0.0431. The molecule has 3 aromatic carbocycles. The van der Waals surface area contributed by atoms with Crippen LogP contribution in [0.1, 0.15) is 101 Å². The highest BCUT2D eigenvalue weighted by Gasteiger charge is 2.42. The normalized spacial score (nSPS) is 15.3.